The Morgan fingerprint density at radius 3 is 2.65 bits per heavy atom. The van der Waals surface area contributed by atoms with Crippen LogP contribution in [0.25, 0.3) is 0 Å². The fourth-order valence-corrected chi connectivity index (χ4v) is 2.17. The number of rotatable bonds is 9. The highest BCUT2D eigenvalue weighted by molar-refractivity contribution is 5.79. The number of benzene rings is 1. The molecular weight excluding hydrogens is 296 g/mol. The van der Waals surface area contributed by atoms with E-state index in [-0.39, 0.29) is 0 Å². The summed E-state index contributed by atoms with van der Waals surface area (Å²) in [6.07, 6.45) is 0.581. The van der Waals surface area contributed by atoms with Crippen molar-refractivity contribution in [2.45, 2.75) is 25.9 Å². The summed E-state index contributed by atoms with van der Waals surface area (Å²) in [6.45, 7) is 3.15. The zero-order chi connectivity index (χ0) is 16.7. The minimum Gasteiger partial charge on any atom is -0.424 e. The highest BCUT2D eigenvalue weighted by Gasteiger charge is 2.21. The molecule has 7 heteroatoms. The van der Waals surface area contributed by atoms with Crippen LogP contribution in [0.15, 0.2) is 34.7 Å². The molecule has 0 bridgehead atoms. The van der Waals surface area contributed by atoms with Gasteiger partial charge in [0.1, 0.15) is 0 Å². The number of amides is 1. The van der Waals surface area contributed by atoms with Crippen molar-refractivity contribution in [3.8, 4) is 0 Å². The third kappa shape index (κ3) is 5.15. The lowest BCUT2D eigenvalue weighted by Gasteiger charge is -2.24. The molecule has 2 N–H and O–H groups in total. The van der Waals surface area contributed by atoms with Crippen molar-refractivity contribution in [3.05, 3.63) is 47.7 Å². The van der Waals surface area contributed by atoms with Gasteiger partial charge in [0.15, 0.2) is 0 Å². The van der Waals surface area contributed by atoms with E-state index >= 15 is 0 Å². The molecule has 23 heavy (non-hydrogen) atoms. The van der Waals surface area contributed by atoms with Gasteiger partial charge in [0.25, 0.3) is 0 Å². The fourth-order valence-electron chi connectivity index (χ4n) is 2.17. The van der Waals surface area contributed by atoms with E-state index in [2.05, 4.69) is 10.2 Å². The van der Waals surface area contributed by atoms with Gasteiger partial charge in [0.2, 0.25) is 17.7 Å². The summed E-state index contributed by atoms with van der Waals surface area (Å²) in [5, 5.41) is 8.11. The predicted molar refractivity (Wildman–Crippen MR) is 84.5 cm³/mol. The van der Waals surface area contributed by atoms with Crippen molar-refractivity contribution in [1.82, 2.24) is 15.1 Å². The minimum absolute atomic E-state index is 0.356. The molecule has 1 heterocycles. The molecule has 1 unspecified atom stereocenters. The van der Waals surface area contributed by atoms with Gasteiger partial charge in [0, 0.05) is 13.7 Å². The zero-order valence-electron chi connectivity index (χ0n) is 13.4. The van der Waals surface area contributed by atoms with Crippen LogP contribution < -0.4 is 5.73 Å². The largest absolute Gasteiger partial charge is 0.424 e. The maximum absolute atomic E-state index is 11.4. The second-order valence-corrected chi connectivity index (χ2v) is 5.29. The molecule has 0 saturated heterocycles. The lowest BCUT2D eigenvalue weighted by atomic mass is 10.2. The molecule has 0 aliphatic heterocycles. The van der Waals surface area contributed by atoms with Crippen molar-refractivity contribution >= 4 is 5.91 Å². The fraction of sp³-hybridized carbons (Fsp3) is 0.438. The second-order valence-electron chi connectivity index (χ2n) is 5.29. The molecule has 0 fully saturated rings. The van der Waals surface area contributed by atoms with Crippen LogP contribution in [0.2, 0.25) is 0 Å². The van der Waals surface area contributed by atoms with Crippen molar-refractivity contribution in [2.75, 3.05) is 20.3 Å². The molecule has 0 aliphatic rings. The number of carbonyl (C=O) groups excluding carboxylic acids is 1. The van der Waals surface area contributed by atoms with E-state index in [9.17, 15) is 4.79 Å². The molecule has 0 spiro atoms. The number of nitrogens with zero attached hydrogens (tertiary/aromatic N) is 3. The highest BCUT2D eigenvalue weighted by atomic mass is 16.5. The third-order valence-electron chi connectivity index (χ3n) is 3.59. The number of nitrogens with two attached hydrogens (primary N) is 1. The van der Waals surface area contributed by atoms with Crippen LogP contribution >= 0.6 is 0 Å². The summed E-state index contributed by atoms with van der Waals surface area (Å²) >= 11 is 0. The van der Waals surface area contributed by atoms with Crippen LogP contribution in [-0.2, 0) is 22.5 Å². The Hall–Kier alpha value is -2.25. The number of hydrogen-bond acceptors (Lipinski definition) is 6. The monoisotopic (exact) mass is 318 g/mol. The van der Waals surface area contributed by atoms with Gasteiger partial charge in [-0.1, -0.05) is 30.3 Å². The van der Waals surface area contributed by atoms with Crippen LogP contribution in [0.5, 0.6) is 0 Å². The van der Waals surface area contributed by atoms with E-state index in [0.717, 1.165) is 5.56 Å². The van der Waals surface area contributed by atoms with Crippen LogP contribution in [0.4, 0.5) is 0 Å². The van der Waals surface area contributed by atoms with Gasteiger partial charge in [-0.25, -0.2) is 0 Å². The van der Waals surface area contributed by atoms with Gasteiger partial charge in [-0.3, -0.25) is 9.69 Å². The SMILES string of the molecule is COCCN(Cc1nnc(Cc2ccccc2)o1)C(C)C(N)=O. The molecule has 0 saturated carbocycles. The van der Waals surface area contributed by atoms with Gasteiger partial charge in [0.05, 0.1) is 25.6 Å². The Morgan fingerprint density at radius 2 is 2.00 bits per heavy atom. The van der Waals surface area contributed by atoms with Gasteiger partial charge in [-0.05, 0) is 12.5 Å². The quantitative estimate of drug-likeness (QED) is 0.740. The number of hydrogen-bond donors (Lipinski definition) is 1. The van der Waals surface area contributed by atoms with Crippen LogP contribution in [-0.4, -0.2) is 47.3 Å². The molecule has 2 rings (SSSR count). The predicted octanol–water partition coefficient (Wildman–Crippen LogP) is 0.983. The molecule has 1 aromatic heterocycles. The standard InChI is InChI=1S/C16H22N4O3/c1-12(16(17)21)20(8-9-22-2)11-15-19-18-14(23-15)10-13-6-4-3-5-7-13/h3-7,12H,8-11H2,1-2H3,(H2,17,21). The van der Waals surface area contributed by atoms with E-state index in [0.29, 0.717) is 37.9 Å². The van der Waals surface area contributed by atoms with Crippen LogP contribution in [0, 0.1) is 0 Å². The first kappa shape index (κ1) is 17.1. The van der Waals surface area contributed by atoms with Crippen LogP contribution in [0.1, 0.15) is 24.3 Å². The van der Waals surface area contributed by atoms with Gasteiger partial charge < -0.3 is 14.9 Å². The average molecular weight is 318 g/mol. The number of methoxy groups -OCH3 is 1. The number of ether oxygens (including phenoxy) is 1. The molecule has 1 aromatic carbocycles. The Morgan fingerprint density at radius 1 is 1.30 bits per heavy atom. The van der Waals surface area contributed by atoms with E-state index in [1.165, 1.54) is 0 Å². The molecule has 0 aliphatic carbocycles. The molecule has 2 aromatic rings. The third-order valence-corrected chi connectivity index (χ3v) is 3.59. The summed E-state index contributed by atoms with van der Waals surface area (Å²) in [4.78, 5) is 13.3. The topological polar surface area (TPSA) is 94.5 Å². The van der Waals surface area contributed by atoms with Gasteiger partial charge in [-0.2, -0.15) is 0 Å². The smallest absolute Gasteiger partial charge is 0.234 e. The maximum Gasteiger partial charge on any atom is 0.234 e. The second kappa shape index (κ2) is 8.40. The normalized spacial score (nSPS) is 12.5. The summed E-state index contributed by atoms with van der Waals surface area (Å²) in [7, 11) is 1.61. The first-order valence-corrected chi connectivity index (χ1v) is 7.47. The van der Waals surface area contributed by atoms with Crippen molar-refractivity contribution in [1.29, 1.82) is 0 Å². The number of aromatic nitrogens is 2. The first-order valence-electron chi connectivity index (χ1n) is 7.47. The molecule has 1 atom stereocenters. The average Bonchev–Trinajstić information content (AvgIpc) is 2.98. The summed E-state index contributed by atoms with van der Waals surface area (Å²) in [5.74, 6) is 0.606. The summed E-state index contributed by atoms with van der Waals surface area (Å²) in [6, 6.07) is 9.46. The molecule has 124 valence electrons. The van der Waals surface area contributed by atoms with E-state index < -0.39 is 11.9 Å². The number of primary amides is 1. The Balaban J connectivity index is 2.01. The van der Waals surface area contributed by atoms with Crippen molar-refractivity contribution in [2.24, 2.45) is 5.73 Å². The minimum atomic E-state index is -0.436. The lowest BCUT2D eigenvalue weighted by Crippen LogP contribution is -2.43. The molecular formula is C16H22N4O3. The Labute approximate surface area is 135 Å². The Bertz CT molecular complexity index is 615. The van der Waals surface area contributed by atoms with Gasteiger partial charge in [-0.15, -0.1) is 10.2 Å². The highest BCUT2D eigenvalue weighted by Crippen LogP contribution is 2.11. The van der Waals surface area contributed by atoms with Gasteiger partial charge >= 0.3 is 0 Å². The first-order chi connectivity index (χ1) is 11.1. The lowest BCUT2D eigenvalue weighted by molar-refractivity contribution is -0.123. The summed E-state index contributed by atoms with van der Waals surface area (Å²) in [5.41, 5.74) is 6.48. The Kier molecular flexibility index (Phi) is 6.25. The number of carbonyl (C=O) groups is 1. The van der Waals surface area contributed by atoms with E-state index in [1.54, 1.807) is 14.0 Å². The molecule has 7 nitrogen and oxygen atoms in total. The van der Waals surface area contributed by atoms with Crippen LogP contribution in [0.3, 0.4) is 0 Å². The van der Waals surface area contributed by atoms with Crippen molar-refractivity contribution < 1.29 is 13.9 Å². The molecule has 0 radical (unpaired) electrons. The summed E-state index contributed by atoms with van der Waals surface area (Å²) < 4.78 is 10.7. The maximum atomic E-state index is 11.4. The van der Waals surface area contributed by atoms with E-state index in [4.69, 9.17) is 14.9 Å². The van der Waals surface area contributed by atoms with Crippen molar-refractivity contribution in [3.63, 3.8) is 0 Å². The van der Waals surface area contributed by atoms with E-state index in [1.807, 2.05) is 35.2 Å². The molecule has 1 amide bonds. The zero-order valence-corrected chi connectivity index (χ0v) is 13.4.